The number of rotatable bonds is 4. The summed E-state index contributed by atoms with van der Waals surface area (Å²) in [4.78, 5) is 21.4. The predicted molar refractivity (Wildman–Crippen MR) is 94.4 cm³/mol. The molecule has 0 aliphatic carbocycles. The van der Waals surface area contributed by atoms with Crippen LogP contribution in [0.4, 0.5) is 5.13 Å². The van der Waals surface area contributed by atoms with Gasteiger partial charge in [0.05, 0.1) is 24.5 Å². The number of amides is 1. The number of aryl methyl sites for hydroxylation is 2. The molecule has 24 heavy (non-hydrogen) atoms. The van der Waals surface area contributed by atoms with Crippen molar-refractivity contribution in [3.05, 3.63) is 41.1 Å². The Morgan fingerprint density at radius 2 is 1.96 bits per heavy atom. The van der Waals surface area contributed by atoms with E-state index in [1.807, 2.05) is 19.9 Å². The number of nitrogens with one attached hydrogen (secondary N) is 1. The largest absolute Gasteiger partial charge is 0.493 e. The summed E-state index contributed by atoms with van der Waals surface area (Å²) in [7, 11) is 3.03. The quantitative estimate of drug-likeness (QED) is 0.784. The third-order valence-corrected chi connectivity index (χ3v) is 4.64. The molecule has 124 valence electrons. The summed E-state index contributed by atoms with van der Waals surface area (Å²) in [5, 5.41) is 3.31. The van der Waals surface area contributed by atoms with Crippen molar-refractivity contribution in [1.29, 1.82) is 0 Å². The van der Waals surface area contributed by atoms with Crippen molar-refractivity contribution in [3.63, 3.8) is 0 Å². The van der Waals surface area contributed by atoms with E-state index in [4.69, 9.17) is 9.47 Å². The van der Waals surface area contributed by atoms with Crippen LogP contribution in [0, 0.1) is 13.8 Å². The third-order valence-electron chi connectivity index (χ3n) is 3.54. The van der Waals surface area contributed by atoms with Gasteiger partial charge in [-0.25, -0.2) is 4.98 Å². The molecule has 3 aromatic rings. The number of methoxy groups -OCH3 is 2. The van der Waals surface area contributed by atoms with Gasteiger partial charge in [-0.1, -0.05) is 17.4 Å². The molecule has 0 spiro atoms. The maximum atomic E-state index is 12.6. The highest BCUT2D eigenvalue weighted by Crippen LogP contribution is 2.32. The fourth-order valence-corrected chi connectivity index (χ4v) is 3.38. The Morgan fingerprint density at radius 1 is 1.17 bits per heavy atom. The Morgan fingerprint density at radius 3 is 2.67 bits per heavy atom. The van der Waals surface area contributed by atoms with Crippen molar-refractivity contribution in [3.8, 4) is 11.5 Å². The Labute approximate surface area is 143 Å². The molecule has 6 nitrogen and oxygen atoms in total. The summed E-state index contributed by atoms with van der Waals surface area (Å²) in [6.07, 6.45) is 0. The number of hydrogen-bond acceptors (Lipinski definition) is 6. The zero-order valence-corrected chi connectivity index (χ0v) is 14.7. The number of fused-ring (bicyclic) bond motifs is 1. The van der Waals surface area contributed by atoms with Gasteiger partial charge in [0.2, 0.25) is 0 Å². The van der Waals surface area contributed by atoms with Crippen molar-refractivity contribution >= 4 is 32.7 Å². The van der Waals surface area contributed by atoms with Crippen molar-refractivity contribution in [1.82, 2.24) is 9.97 Å². The van der Waals surface area contributed by atoms with Crippen molar-refractivity contribution in [2.45, 2.75) is 13.8 Å². The SMILES string of the molecule is COc1cccc(C(=O)Nc2nc3nc(C)cc(C)c3s2)c1OC. The standard InChI is InChI=1S/C17H17N3O3S/c1-9-8-10(2)18-15-14(9)24-17(19-15)20-16(21)11-6-5-7-12(22-3)13(11)23-4/h5-8H,1-4H3,(H,18,19,20,21). The number of ether oxygens (including phenoxy) is 2. The van der Waals surface area contributed by atoms with Crippen LogP contribution in [-0.2, 0) is 0 Å². The van der Waals surface area contributed by atoms with Gasteiger partial charge < -0.3 is 9.47 Å². The predicted octanol–water partition coefficient (Wildman–Crippen LogP) is 3.58. The lowest BCUT2D eigenvalue weighted by Gasteiger charge is -2.11. The molecule has 7 heteroatoms. The Bertz CT molecular complexity index is 921. The van der Waals surface area contributed by atoms with Crippen molar-refractivity contribution in [2.75, 3.05) is 19.5 Å². The minimum atomic E-state index is -0.306. The number of thiazole rings is 1. The molecule has 0 unspecified atom stereocenters. The Hall–Kier alpha value is -2.67. The molecule has 0 saturated carbocycles. The third kappa shape index (κ3) is 2.90. The van der Waals surface area contributed by atoms with Gasteiger partial charge in [-0.2, -0.15) is 4.98 Å². The lowest BCUT2D eigenvalue weighted by molar-refractivity contribution is 0.102. The first-order valence-electron chi connectivity index (χ1n) is 7.30. The molecule has 0 bridgehead atoms. The Kier molecular flexibility index (Phi) is 4.35. The summed E-state index contributed by atoms with van der Waals surface area (Å²) in [6.45, 7) is 3.93. The maximum Gasteiger partial charge on any atom is 0.261 e. The number of hydrogen-bond donors (Lipinski definition) is 1. The average molecular weight is 343 g/mol. The van der Waals surface area contributed by atoms with Gasteiger partial charge in [-0.05, 0) is 37.6 Å². The van der Waals surface area contributed by atoms with Crippen molar-refractivity contribution < 1.29 is 14.3 Å². The highest BCUT2D eigenvalue weighted by atomic mass is 32.1. The van der Waals surface area contributed by atoms with Crippen LogP contribution in [0.25, 0.3) is 10.3 Å². The number of pyridine rings is 1. The first-order valence-corrected chi connectivity index (χ1v) is 8.12. The summed E-state index contributed by atoms with van der Waals surface area (Å²) in [5.41, 5.74) is 3.02. The van der Waals surface area contributed by atoms with E-state index in [-0.39, 0.29) is 5.91 Å². The maximum absolute atomic E-state index is 12.6. The van der Waals surface area contributed by atoms with Gasteiger partial charge in [0, 0.05) is 5.69 Å². The molecule has 1 N–H and O–H groups in total. The highest BCUT2D eigenvalue weighted by molar-refractivity contribution is 7.22. The number of nitrogens with zero attached hydrogens (tertiary/aromatic N) is 2. The second kappa shape index (κ2) is 6.45. The van der Waals surface area contributed by atoms with E-state index in [0.29, 0.717) is 27.8 Å². The van der Waals surface area contributed by atoms with Gasteiger partial charge in [0.15, 0.2) is 22.3 Å². The summed E-state index contributed by atoms with van der Waals surface area (Å²) >= 11 is 1.40. The lowest BCUT2D eigenvalue weighted by atomic mass is 10.1. The molecule has 1 amide bonds. The van der Waals surface area contributed by atoms with E-state index in [1.54, 1.807) is 18.2 Å². The van der Waals surface area contributed by atoms with Crippen LogP contribution in [0.2, 0.25) is 0 Å². The minimum absolute atomic E-state index is 0.306. The van der Waals surface area contributed by atoms with Crippen LogP contribution in [-0.4, -0.2) is 30.1 Å². The van der Waals surface area contributed by atoms with Gasteiger partial charge in [0.1, 0.15) is 0 Å². The molecule has 2 aromatic heterocycles. The van der Waals surface area contributed by atoms with Gasteiger partial charge >= 0.3 is 0 Å². The first-order chi connectivity index (χ1) is 11.5. The van der Waals surface area contributed by atoms with Crippen LogP contribution < -0.4 is 14.8 Å². The minimum Gasteiger partial charge on any atom is -0.493 e. The van der Waals surface area contributed by atoms with Crippen LogP contribution in [0.5, 0.6) is 11.5 Å². The van der Waals surface area contributed by atoms with E-state index >= 15 is 0 Å². The molecule has 0 atom stereocenters. The number of carbonyl (C=O) groups is 1. The molecule has 0 saturated heterocycles. The fraction of sp³-hybridized carbons (Fsp3) is 0.235. The second-order valence-corrected chi connectivity index (χ2v) is 6.25. The topological polar surface area (TPSA) is 73.3 Å². The normalized spacial score (nSPS) is 10.7. The zero-order chi connectivity index (χ0) is 17.3. The molecule has 2 heterocycles. The molecular formula is C17H17N3O3S. The lowest BCUT2D eigenvalue weighted by Crippen LogP contribution is -2.13. The van der Waals surface area contributed by atoms with Crippen molar-refractivity contribution in [2.24, 2.45) is 0 Å². The average Bonchev–Trinajstić information content (AvgIpc) is 2.96. The number of aromatic nitrogens is 2. The van der Waals surface area contributed by atoms with Gasteiger partial charge in [-0.15, -0.1) is 0 Å². The van der Waals surface area contributed by atoms with Gasteiger partial charge in [-0.3, -0.25) is 10.1 Å². The molecule has 0 aliphatic heterocycles. The van der Waals surface area contributed by atoms with E-state index in [9.17, 15) is 4.79 Å². The van der Waals surface area contributed by atoms with E-state index in [2.05, 4.69) is 15.3 Å². The molecular weight excluding hydrogens is 326 g/mol. The molecule has 1 aromatic carbocycles. The van der Waals surface area contributed by atoms with Crippen LogP contribution in [0.15, 0.2) is 24.3 Å². The number of benzene rings is 1. The summed E-state index contributed by atoms with van der Waals surface area (Å²) in [6, 6.07) is 7.15. The summed E-state index contributed by atoms with van der Waals surface area (Å²) < 4.78 is 11.5. The van der Waals surface area contributed by atoms with E-state index in [1.165, 1.54) is 25.6 Å². The highest BCUT2D eigenvalue weighted by Gasteiger charge is 2.18. The molecule has 0 aliphatic rings. The van der Waals surface area contributed by atoms with E-state index in [0.717, 1.165) is 16.0 Å². The second-order valence-electron chi connectivity index (χ2n) is 5.25. The van der Waals surface area contributed by atoms with E-state index < -0.39 is 0 Å². The zero-order valence-electron chi connectivity index (χ0n) is 13.8. The van der Waals surface area contributed by atoms with Crippen LogP contribution in [0.1, 0.15) is 21.6 Å². The number of carbonyl (C=O) groups excluding carboxylic acids is 1. The molecule has 3 rings (SSSR count). The smallest absolute Gasteiger partial charge is 0.261 e. The number of para-hydroxylation sites is 1. The van der Waals surface area contributed by atoms with Gasteiger partial charge in [0.25, 0.3) is 5.91 Å². The number of anilines is 1. The fourth-order valence-electron chi connectivity index (χ4n) is 2.51. The Balaban J connectivity index is 1.94. The first kappa shape index (κ1) is 16.2. The molecule has 0 radical (unpaired) electrons. The van der Waals surface area contributed by atoms with Crippen LogP contribution >= 0.6 is 11.3 Å². The summed E-state index contributed by atoms with van der Waals surface area (Å²) in [5.74, 6) is 0.588. The monoisotopic (exact) mass is 343 g/mol. The van der Waals surface area contributed by atoms with Crippen LogP contribution in [0.3, 0.4) is 0 Å². The molecule has 0 fully saturated rings.